The quantitative estimate of drug-likeness (QED) is 0.668. The van der Waals surface area contributed by atoms with Crippen LogP contribution < -0.4 is 4.74 Å². The number of aromatic nitrogens is 1. The number of nitrogens with zero attached hydrogens (tertiary/aromatic N) is 2. The zero-order chi connectivity index (χ0) is 18.8. The lowest BCUT2D eigenvalue weighted by atomic mass is 10.1. The molecule has 136 valence electrons. The van der Waals surface area contributed by atoms with Crippen LogP contribution in [0.25, 0.3) is 10.9 Å². The molecule has 1 aromatic heterocycles. The Kier molecular flexibility index (Phi) is 4.46. The molecule has 6 heteroatoms. The molecule has 0 spiro atoms. The second-order valence-corrected chi connectivity index (χ2v) is 6.36. The van der Waals surface area contributed by atoms with Crippen molar-refractivity contribution in [3.63, 3.8) is 0 Å². The molecule has 1 saturated heterocycles. The summed E-state index contributed by atoms with van der Waals surface area (Å²) in [5.74, 6) is 0.0558. The Bertz CT molecular complexity index is 994. The number of fused-ring (bicyclic) bond motifs is 1. The van der Waals surface area contributed by atoms with Gasteiger partial charge in [-0.1, -0.05) is 18.2 Å². The smallest absolute Gasteiger partial charge is 0.337 e. The first-order valence-corrected chi connectivity index (χ1v) is 8.64. The Morgan fingerprint density at radius 2 is 1.67 bits per heavy atom. The maximum absolute atomic E-state index is 12.5. The molecular weight excluding hydrogens is 344 g/mol. The Labute approximate surface area is 156 Å². The summed E-state index contributed by atoms with van der Waals surface area (Å²) >= 11 is 0. The normalized spacial score (nSPS) is 13.9. The van der Waals surface area contributed by atoms with E-state index in [1.165, 1.54) is 7.11 Å². The van der Waals surface area contributed by atoms with E-state index in [1.807, 2.05) is 36.4 Å². The SMILES string of the molecule is COC(=O)c1ccc(C(=O)N2CC(Oc3ccc4ccccc4n3)C2)cc1. The summed E-state index contributed by atoms with van der Waals surface area (Å²) in [5.41, 5.74) is 1.83. The lowest BCUT2D eigenvalue weighted by Gasteiger charge is -2.38. The number of hydrogen-bond donors (Lipinski definition) is 0. The maximum Gasteiger partial charge on any atom is 0.337 e. The average Bonchev–Trinajstić information content (AvgIpc) is 2.69. The van der Waals surface area contributed by atoms with Gasteiger partial charge in [0.2, 0.25) is 5.88 Å². The molecule has 1 amide bonds. The maximum atomic E-state index is 12.5. The molecule has 2 heterocycles. The number of para-hydroxylation sites is 1. The number of benzene rings is 2. The van der Waals surface area contributed by atoms with Crippen LogP contribution in [0.4, 0.5) is 0 Å². The van der Waals surface area contributed by atoms with E-state index in [-0.39, 0.29) is 12.0 Å². The molecule has 3 aromatic rings. The first-order chi connectivity index (χ1) is 13.1. The third-order valence-corrected chi connectivity index (χ3v) is 4.55. The van der Waals surface area contributed by atoms with E-state index >= 15 is 0 Å². The summed E-state index contributed by atoms with van der Waals surface area (Å²) < 4.78 is 10.5. The monoisotopic (exact) mass is 362 g/mol. The van der Waals surface area contributed by atoms with Gasteiger partial charge in [0.05, 0.1) is 31.3 Å². The van der Waals surface area contributed by atoms with Crippen LogP contribution >= 0.6 is 0 Å². The molecule has 0 aliphatic carbocycles. The molecule has 1 fully saturated rings. The fourth-order valence-corrected chi connectivity index (χ4v) is 3.01. The number of rotatable bonds is 4. The second-order valence-electron chi connectivity index (χ2n) is 6.36. The Morgan fingerprint density at radius 3 is 2.41 bits per heavy atom. The minimum Gasteiger partial charge on any atom is -0.471 e. The Hall–Kier alpha value is -3.41. The molecule has 0 saturated carbocycles. The molecule has 0 unspecified atom stereocenters. The van der Waals surface area contributed by atoms with Gasteiger partial charge in [-0.2, -0.15) is 0 Å². The zero-order valence-electron chi connectivity index (χ0n) is 14.8. The van der Waals surface area contributed by atoms with Crippen LogP contribution in [0.3, 0.4) is 0 Å². The summed E-state index contributed by atoms with van der Waals surface area (Å²) in [6.07, 6.45) is -0.0723. The topological polar surface area (TPSA) is 68.7 Å². The zero-order valence-corrected chi connectivity index (χ0v) is 14.8. The van der Waals surface area contributed by atoms with Gasteiger partial charge in [0, 0.05) is 17.0 Å². The van der Waals surface area contributed by atoms with E-state index < -0.39 is 5.97 Å². The summed E-state index contributed by atoms with van der Waals surface area (Å²) in [5, 5.41) is 1.06. The van der Waals surface area contributed by atoms with Crippen LogP contribution in [0.1, 0.15) is 20.7 Å². The number of amides is 1. The van der Waals surface area contributed by atoms with Crippen molar-refractivity contribution in [1.29, 1.82) is 0 Å². The Morgan fingerprint density at radius 1 is 0.963 bits per heavy atom. The minimum atomic E-state index is -0.422. The molecular formula is C21H18N2O4. The fraction of sp³-hybridized carbons (Fsp3) is 0.190. The van der Waals surface area contributed by atoms with Gasteiger partial charge < -0.3 is 14.4 Å². The molecule has 4 rings (SSSR count). The number of likely N-dealkylation sites (tertiary alicyclic amines) is 1. The molecule has 1 aliphatic heterocycles. The third kappa shape index (κ3) is 3.46. The van der Waals surface area contributed by atoms with Crippen molar-refractivity contribution in [3.8, 4) is 5.88 Å². The first-order valence-electron chi connectivity index (χ1n) is 8.64. The molecule has 0 radical (unpaired) electrons. The lowest BCUT2D eigenvalue weighted by molar-refractivity contribution is 0.0161. The number of esters is 1. The highest BCUT2D eigenvalue weighted by Crippen LogP contribution is 2.21. The number of carbonyl (C=O) groups excluding carboxylic acids is 2. The van der Waals surface area contributed by atoms with E-state index in [4.69, 9.17) is 4.74 Å². The van der Waals surface area contributed by atoms with Gasteiger partial charge >= 0.3 is 5.97 Å². The highest BCUT2D eigenvalue weighted by atomic mass is 16.5. The number of ether oxygens (including phenoxy) is 2. The van der Waals surface area contributed by atoms with Gasteiger partial charge in [-0.25, -0.2) is 9.78 Å². The minimum absolute atomic E-state index is 0.0723. The van der Waals surface area contributed by atoms with Gasteiger partial charge in [-0.05, 0) is 36.4 Å². The van der Waals surface area contributed by atoms with Crippen molar-refractivity contribution in [2.45, 2.75) is 6.10 Å². The summed E-state index contributed by atoms with van der Waals surface area (Å²) in [6.45, 7) is 1.01. The molecule has 2 aromatic carbocycles. The summed E-state index contributed by atoms with van der Waals surface area (Å²) in [6, 6.07) is 18.1. The molecule has 0 atom stereocenters. The average molecular weight is 362 g/mol. The summed E-state index contributed by atoms with van der Waals surface area (Å²) in [7, 11) is 1.33. The number of carbonyl (C=O) groups is 2. The van der Waals surface area contributed by atoms with Crippen LogP contribution in [0.2, 0.25) is 0 Å². The lowest BCUT2D eigenvalue weighted by Crippen LogP contribution is -2.56. The molecule has 1 aliphatic rings. The van der Waals surface area contributed by atoms with Gasteiger partial charge in [-0.3, -0.25) is 4.79 Å². The number of methoxy groups -OCH3 is 1. The van der Waals surface area contributed by atoms with Crippen LogP contribution in [-0.4, -0.2) is 48.1 Å². The third-order valence-electron chi connectivity index (χ3n) is 4.55. The standard InChI is InChI=1S/C21H18N2O4/c1-26-21(25)16-8-6-15(7-9-16)20(24)23-12-17(13-23)27-19-11-10-14-4-2-3-5-18(14)22-19/h2-11,17H,12-13H2,1H3. The predicted molar refractivity (Wildman–Crippen MR) is 99.8 cm³/mol. The van der Waals surface area contributed by atoms with Crippen LogP contribution in [0.5, 0.6) is 5.88 Å². The van der Waals surface area contributed by atoms with E-state index in [0.29, 0.717) is 30.1 Å². The highest BCUT2D eigenvalue weighted by Gasteiger charge is 2.33. The van der Waals surface area contributed by atoms with Crippen molar-refractivity contribution >= 4 is 22.8 Å². The van der Waals surface area contributed by atoms with Crippen LogP contribution in [0.15, 0.2) is 60.7 Å². The van der Waals surface area contributed by atoms with Crippen molar-refractivity contribution in [3.05, 3.63) is 71.8 Å². The van der Waals surface area contributed by atoms with Gasteiger partial charge in [0.1, 0.15) is 6.10 Å². The van der Waals surface area contributed by atoms with Crippen molar-refractivity contribution < 1.29 is 19.1 Å². The predicted octanol–water partition coefficient (Wildman–Crippen LogP) is 2.92. The number of hydrogen-bond acceptors (Lipinski definition) is 5. The van der Waals surface area contributed by atoms with E-state index in [0.717, 1.165) is 10.9 Å². The van der Waals surface area contributed by atoms with Gasteiger partial charge in [0.15, 0.2) is 0 Å². The van der Waals surface area contributed by atoms with Crippen LogP contribution in [0, 0.1) is 0 Å². The van der Waals surface area contributed by atoms with Gasteiger partial charge in [-0.15, -0.1) is 0 Å². The van der Waals surface area contributed by atoms with E-state index in [1.54, 1.807) is 29.2 Å². The molecule has 0 bridgehead atoms. The van der Waals surface area contributed by atoms with E-state index in [2.05, 4.69) is 9.72 Å². The van der Waals surface area contributed by atoms with Crippen molar-refractivity contribution in [1.82, 2.24) is 9.88 Å². The first kappa shape index (κ1) is 17.0. The van der Waals surface area contributed by atoms with E-state index in [9.17, 15) is 9.59 Å². The molecule has 27 heavy (non-hydrogen) atoms. The summed E-state index contributed by atoms with van der Waals surface area (Å²) in [4.78, 5) is 30.1. The molecule has 6 nitrogen and oxygen atoms in total. The highest BCUT2D eigenvalue weighted by molar-refractivity contribution is 5.96. The Balaban J connectivity index is 1.35. The largest absolute Gasteiger partial charge is 0.471 e. The fourth-order valence-electron chi connectivity index (χ4n) is 3.01. The van der Waals surface area contributed by atoms with Crippen molar-refractivity contribution in [2.75, 3.05) is 20.2 Å². The van der Waals surface area contributed by atoms with Crippen LogP contribution in [-0.2, 0) is 4.74 Å². The molecule has 0 N–H and O–H groups in total. The van der Waals surface area contributed by atoms with Gasteiger partial charge in [0.25, 0.3) is 5.91 Å². The second kappa shape index (κ2) is 7.07. The van der Waals surface area contributed by atoms with Crippen molar-refractivity contribution in [2.24, 2.45) is 0 Å². The number of pyridine rings is 1.